The molecule has 0 radical (unpaired) electrons. The van der Waals surface area contributed by atoms with E-state index in [4.69, 9.17) is 18.9 Å². The van der Waals surface area contributed by atoms with E-state index >= 15 is 0 Å². The van der Waals surface area contributed by atoms with Crippen LogP contribution in [0.4, 0.5) is 0 Å². The number of carbonyl (C=O) groups excluding carboxylic acids is 2. The van der Waals surface area contributed by atoms with E-state index in [1.165, 1.54) is 96.3 Å². The van der Waals surface area contributed by atoms with Gasteiger partial charge in [0, 0.05) is 12.8 Å². The molecule has 0 aromatic heterocycles. The topological polar surface area (TPSA) is 152 Å². The summed E-state index contributed by atoms with van der Waals surface area (Å²) < 4.78 is 22.1. The maximum Gasteiger partial charge on any atom is 0.306 e. The second kappa shape index (κ2) is 42.1. The third-order valence-corrected chi connectivity index (χ3v) is 10.9. The van der Waals surface area contributed by atoms with Crippen LogP contribution >= 0.6 is 0 Å². The number of rotatable bonds is 40. The molecule has 0 aliphatic carbocycles. The second-order valence-corrected chi connectivity index (χ2v) is 16.5. The maximum atomic E-state index is 12.8. The lowest BCUT2D eigenvalue weighted by Crippen LogP contribution is -2.59. The molecule has 0 saturated carbocycles. The van der Waals surface area contributed by atoms with Gasteiger partial charge in [0.15, 0.2) is 12.4 Å². The van der Waals surface area contributed by atoms with E-state index in [0.29, 0.717) is 6.42 Å². The van der Waals surface area contributed by atoms with Crippen molar-refractivity contribution >= 4 is 11.9 Å². The molecule has 6 unspecified atom stereocenters. The molecule has 1 aliphatic rings. The van der Waals surface area contributed by atoms with Gasteiger partial charge in [0.1, 0.15) is 31.0 Å². The molecule has 4 N–H and O–H groups in total. The van der Waals surface area contributed by atoms with E-state index in [-0.39, 0.29) is 26.1 Å². The first-order valence-corrected chi connectivity index (χ1v) is 24.5. The Morgan fingerprint density at radius 1 is 0.516 bits per heavy atom. The van der Waals surface area contributed by atoms with Crippen LogP contribution in [0.1, 0.15) is 187 Å². The van der Waals surface area contributed by atoms with Crippen molar-refractivity contribution in [2.45, 2.75) is 224 Å². The molecule has 0 aromatic rings. The zero-order chi connectivity index (χ0) is 45.1. The third-order valence-electron chi connectivity index (χ3n) is 10.9. The quantitative estimate of drug-likeness (QED) is 0.0266. The Bertz CT molecular complexity index is 1240. The van der Waals surface area contributed by atoms with Crippen molar-refractivity contribution < 1.29 is 49.0 Å². The fourth-order valence-electron chi connectivity index (χ4n) is 7.04. The first kappa shape index (κ1) is 57.2. The van der Waals surface area contributed by atoms with Crippen molar-refractivity contribution in [3.63, 3.8) is 0 Å². The van der Waals surface area contributed by atoms with Gasteiger partial charge in [-0.25, -0.2) is 0 Å². The standard InChI is InChI=1S/C52H88O10/c1-3-5-7-9-11-13-15-17-19-21-23-25-27-29-31-33-35-37-39-41-48(55)61-45(44-60-52-51(58)50(57)49(56)46(42-53)62-52)43-59-47(54)40-38-36-34-32-30-28-26-24-22-20-18-16-14-12-10-8-6-4-2/h5,7,11,13,17,19,23,25,29,31,35,37,45-46,49-53,56-58H,3-4,6,8-10,12,14-16,18,20-22,24,26-28,30,32-34,36,38-44H2,1-2H3/b7-5-,13-11-,19-17-,25-23-,31-29-,37-35-. The molecule has 1 fully saturated rings. The Morgan fingerprint density at radius 3 is 1.40 bits per heavy atom. The Balaban J connectivity index is 2.34. The minimum atomic E-state index is -1.61. The Hall–Kier alpha value is -2.86. The summed E-state index contributed by atoms with van der Waals surface area (Å²) in [7, 11) is 0. The number of aliphatic hydroxyl groups is 4. The van der Waals surface area contributed by atoms with Crippen LogP contribution in [0.25, 0.3) is 0 Å². The fourth-order valence-corrected chi connectivity index (χ4v) is 7.04. The molecule has 1 saturated heterocycles. The van der Waals surface area contributed by atoms with Crippen molar-refractivity contribution in [1.82, 2.24) is 0 Å². The number of allylic oxidation sites excluding steroid dienone is 12. The van der Waals surface area contributed by atoms with Crippen LogP contribution in [0.3, 0.4) is 0 Å². The number of unbranched alkanes of at least 4 members (excludes halogenated alkanes) is 17. The predicted molar refractivity (Wildman–Crippen MR) is 251 cm³/mol. The van der Waals surface area contributed by atoms with Crippen LogP contribution in [0.2, 0.25) is 0 Å². The first-order chi connectivity index (χ1) is 30.3. The molecule has 62 heavy (non-hydrogen) atoms. The lowest BCUT2D eigenvalue weighted by Gasteiger charge is -2.39. The minimum Gasteiger partial charge on any atom is -0.462 e. The average molecular weight is 873 g/mol. The minimum absolute atomic E-state index is 0.103. The molecule has 0 spiro atoms. The number of esters is 2. The van der Waals surface area contributed by atoms with E-state index < -0.39 is 55.4 Å². The zero-order valence-corrected chi connectivity index (χ0v) is 38.8. The molecule has 0 aromatic carbocycles. The SMILES string of the molecule is CC/C=C\C/C=C\C/C=C\C/C=C\C/C=C\C/C=C\CCC(=O)OC(COC(=O)CCCCCCCCCCCCCCCCCCCC)COC1OC(CO)C(O)C(O)C1O. The summed E-state index contributed by atoms with van der Waals surface area (Å²) in [5.74, 6) is -0.903. The zero-order valence-electron chi connectivity index (χ0n) is 38.8. The van der Waals surface area contributed by atoms with Gasteiger partial charge in [0.2, 0.25) is 0 Å². The number of carbonyl (C=O) groups is 2. The highest BCUT2D eigenvalue weighted by atomic mass is 16.7. The largest absolute Gasteiger partial charge is 0.462 e. The van der Waals surface area contributed by atoms with Crippen molar-refractivity contribution in [3.8, 4) is 0 Å². The van der Waals surface area contributed by atoms with Gasteiger partial charge in [-0.2, -0.15) is 0 Å². The molecule has 10 heteroatoms. The van der Waals surface area contributed by atoms with E-state index in [1.807, 2.05) is 12.2 Å². The Kier molecular flexibility index (Phi) is 38.8. The van der Waals surface area contributed by atoms with E-state index in [0.717, 1.165) is 57.8 Å². The van der Waals surface area contributed by atoms with Gasteiger partial charge in [-0.1, -0.05) is 196 Å². The summed E-state index contributed by atoms with van der Waals surface area (Å²) in [5.41, 5.74) is 0. The van der Waals surface area contributed by atoms with Crippen molar-refractivity contribution in [1.29, 1.82) is 0 Å². The number of hydrogen-bond donors (Lipinski definition) is 4. The maximum absolute atomic E-state index is 12.8. The van der Waals surface area contributed by atoms with Gasteiger partial charge in [-0.05, 0) is 51.4 Å². The molecule has 1 rings (SSSR count). The van der Waals surface area contributed by atoms with Crippen LogP contribution in [0.15, 0.2) is 72.9 Å². The molecular weight excluding hydrogens is 785 g/mol. The molecule has 10 nitrogen and oxygen atoms in total. The molecule has 1 aliphatic heterocycles. The van der Waals surface area contributed by atoms with Crippen LogP contribution in [0.5, 0.6) is 0 Å². The van der Waals surface area contributed by atoms with Gasteiger partial charge in [-0.15, -0.1) is 0 Å². The smallest absolute Gasteiger partial charge is 0.306 e. The molecule has 1 heterocycles. The van der Waals surface area contributed by atoms with Crippen LogP contribution < -0.4 is 0 Å². The highest BCUT2D eigenvalue weighted by Gasteiger charge is 2.44. The van der Waals surface area contributed by atoms with E-state index in [1.54, 1.807) is 0 Å². The van der Waals surface area contributed by atoms with Gasteiger partial charge in [-0.3, -0.25) is 9.59 Å². The third kappa shape index (κ3) is 32.8. The summed E-state index contributed by atoms with van der Waals surface area (Å²) in [6.07, 6.45) is 46.3. The highest BCUT2D eigenvalue weighted by Crippen LogP contribution is 2.22. The molecule has 6 atom stereocenters. The lowest BCUT2D eigenvalue weighted by molar-refractivity contribution is -0.305. The normalized spacial score (nSPS) is 20.3. The molecule has 356 valence electrons. The summed E-state index contributed by atoms with van der Waals surface area (Å²) in [6.45, 7) is 3.25. The second-order valence-electron chi connectivity index (χ2n) is 16.5. The van der Waals surface area contributed by atoms with Gasteiger partial charge in [0.05, 0.1) is 13.2 Å². The van der Waals surface area contributed by atoms with Crippen molar-refractivity contribution in [3.05, 3.63) is 72.9 Å². The molecular formula is C52H88O10. The monoisotopic (exact) mass is 873 g/mol. The van der Waals surface area contributed by atoms with E-state index in [2.05, 4.69) is 74.6 Å². The van der Waals surface area contributed by atoms with Crippen LogP contribution in [-0.4, -0.2) is 89.0 Å². The lowest BCUT2D eigenvalue weighted by atomic mass is 9.99. The van der Waals surface area contributed by atoms with Crippen LogP contribution in [0, 0.1) is 0 Å². The van der Waals surface area contributed by atoms with Crippen LogP contribution in [-0.2, 0) is 28.5 Å². The van der Waals surface area contributed by atoms with E-state index in [9.17, 15) is 30.0 Å². The Labute approximate surface area is 376 Å². The van der Waals surface area contributed by atoms with Gasteiger partial charge >= 0.3 is 11.9 Å². The number of hydrogen-bond acceptors (Lipinski definition) is 10. The van der Waals surface area contributed by atoms with Gasteiger partial charge < -0.3 is 39.4 Å². The summed E-state index contributed by atoms with van der Waals surface area (Å²) >= 11 is 0. The fraction of sp³-hybridized carbons (Fsp3) is 0.731. The summed E-state index contributed by atoms with van der Waals surface area (Å²) in [5, 5.41) is 40.1. The Morgan fingerprint density at radius 2 is 0.952 bits per heavy atom. The molecule has 0 bridgehead atoms. The predicted octanol–water partition coefficient (Wildman–Crippen LogP) is 11.2. The number of ether oxygens (including phenoxy) is 4. The van der Waals surface area contributed by atoms with Gasteiger partial charge in [0.25, 0.3) is 0 Å². The van der Waals surface area contributed by atoms with Crippen molar-refractivity contribution in [2.24, 2.45) is 0 Å². The summed E-state index contributed by atoms with van der Waals surface area (Å²) in [4.78, 5) is 25.4. The highest BCUT2D eigenvalue weighted by molar-refractivity contribution is 5.70. The van der Waals surface area contributed by atoms with Crippen molar-refractivity contribution in [2.75, 3.05) is 19.8 Å². The first-order valence-electron chi connectivity index (χ1n) is 24.5. The summed E-state index contributed by atoms with van der Waals surface area (Å²) in [6, 6.07) is 0. The average Bonchev–Trinajstić information content (AvgIpc) is 3.27. The molecule has 0 amide bonds. The number of aliphatic hydroxyl groups excluding tert-OH is 4.